The van der Waals surface area contributed by atoms with E-state index in [0.717, 1.165) is 17.7 Å². The van der Waals surface area contributed by atoms with Crippen LogP contribution in [-0.2, 0) is 6.42 Å². The molecule has 0 bridgehead atoms. The molecule has 0 radical (unpaired) electrons. The highest BCUT2D eigenvalue weighted by Crippen LogP contribution is 2.17. The fourth-order valence-corrected chi connectivity index (χ4v) is 2.21. The smallest absolute Gasteiger partial charge is 0.251 e. The summed E-state index contributed by atoms with van der Waals surface area (Å²) in [4.78, 5) is 18.7. The van der Waals surface area contributed by atoms with E-state index in [1.165, 1.54) is 0 Å². The quantitative estimate of drug-likeness (QED) is 0.887. The maximum Gasteiger partial charge on any atom is 0.251 e. The topological polar surface area (TPSA) is 45.8 Å². The van der Waals surface area contributed by atoms with Crippen molar-refractivity contribution < 1.29 is 0 Å². The van der Waals surface area contributed by atoms with Gasteiger partial charge in [0.2, 0.25) is 0 Å². The minimum absolute atomic E-state index is 0.0770. The molecule has 0 aliphatic heterocycles. The van der Waals surface area contributed by atoms with Crippen LogP contribution in [-0.4, -0.2) is 9.97 Å². The van der Waals surface area contributed by atoms with Gasteiger partial charge in [-0.1, -0.05) is 13.8 Å². The van der Waals surface area contributed by atoms with Crippen molar-refractivity contribution in [3.8, 4) is 11.4 Å². The monoisotopic (exact) mass is 234 g/mol. The van der Waals surface area contributed by atoms with E-state index in [1.54, 1.807) is 17.4 Å². The van der Waals surface area contributed by atoms with Crippen molar-refractivity contribution in [2.75, 3.05) is 0 Å². The molecule has 3 nitrogen and oxygen atoms in total. The first-order chi connectivity index (χ1) is 7.65. The van der Waals surface area contributed by atoms with Gasteiger partial charge >= 0.3 is 0 Å². The van der Waals surface area contributed by atoms with Crippen molar-refractivity contribution in [3.05, 3.63) is 38.9 Å². The molecule has 84 valence electrons. The second kappa shape index (κ2) is 4.61. The Bertz CT molecular complexity index is 514. The molecular formula is C12H14N2OS. The molecule has 1 N–H and O–H groups in total. The Balaban J connectivity index is 2.40. The molecule has 0 saturated carbocycles. The number of aromatic amines is 1. The number of nitrogens with zero attached hydrogens (tertiary/aromatic N) is 1. The second-order valence-corrected chi connectivity index (χ2v) is 4.98. The van der Waals surface area contributed by atoms with Gasteiger partial charge in [-0.3, -0.25) is 4.79 Å². The van der Waals surface area contributed by atoms with Crippen molar-refractivity contribution in [2.24, 2.45) is 5.92 Å². The summed E-state index contributed by atoms with van der Waals surface area (Å²) in [5, 5.41) is 3.96. The lowest BCUT2D eigenvalue weighted by molar-refractivity contribution is 0.634. The Morgan fingerprint density at radius 2 is 2.31 bits per heavy atom. The largest absolute Gasteiger partial charge is 0.306 e. The average molecular weight is 234 g/mol. The summed E-state index contributed by atoms with van der Waals surface area (Å²) in [7, 11) is 0. The molecule has 2 heterocycles. The predicted molar refractivity (Wildman–Crippen MR) is 66.7 cm³/mol. The zero-order valence-corrected chi connectivity index (χ0v) is 10.2. The Kier molecular flexibility index (Phi) is 3.19. The molecule has 0 fully saturated rings. The van der Waals surface area contributed by atoms with E-state index in [4.69, 9.17) is 0 Å². The van der Waals surface area contributed by atoms with Crippen molar-refractivity contribution in [3.63, 3.8) is 0 Å². The Morgan fingerprint density at radius 3 is 2.94 bits per heavy atom. The summed E-state index contributed by atoms with van der Waals surface area (Å²) >= 11 is 1.60. The van der Waals surface area contributed by atoms with Gasteiger partial charge in [-0.2, -0.15) is 11.3 Å². The first-order valence-electron chi connectivity index (χ1n) is 5.28. The average Bonchev–Trinajstić information content (AvgIpc) is 2.67. The van der Waals surface area contributed by atoms with Crippen molar-refractivity contribution in [1.82, 2.24) is 9.97 Å². The van der Waals surface area contributed by atoms with Crippen LogP contribution in [0.1, 0.15) is 19.5 Å². The summed E-state index contributed by atoms with van der Waals surface area (Å²) in [6.45, 7) is 4.24. The molecule has 16 heavy (non-hydrogen) atoms. The third-order valence-corrected chi connectivity index (χ3v) is 2.89. The lowest BCUT2D eigenvalue weighted by atomic mass is 10.1. The van der Waals surface area contributed by atoms with Crippen molar-refractivity contribution >= 4 is 11.3 Å². The van der Waals surface area contributed by atoms with Gasteiger partial charge < -0.3 is 4.98 Å². The Labute approximate surface area is 98.2 Å². The fraction of sp³-hybridized carbons (Fsp3) is 0.333. The lowest BCUT2D eigenvalue weighted by Gasteiger charge is -2.05. The van der Waals surface area contributed by atoms with E-state index < -0.39 is 0 Å². The maximum absolute atomic E-state index is 11.5. The zero-order valence-electron chi connectivity index (χ0n) is 9.36. The van der Waals surface area contributed by atoms with Crippen LogP contribution in [0.4, 0.5) is 0 Å². The summed E-state index contributed by atoms with van der Waals surface area (Å²) in [6.07, 6.45) is 0.834. The number of nitrogens with one attached hydrogen (secondary N) is 1. The van der Waals surface area contributed by atoms with Crippen LogP contribution in [0.3, 0.4) is 0 Å². The highest BCUT2D eigenvalue weighted by atomic mass is 32.1. The normalized spacial score (nSPS) is 10.9. The molecule has 0 saturated heterocycles. The van der Waals surface area contributed by atoms with Gasteiger partial charge in [0, 0.05) is 22.7 Å². The third-order valence-electron chi connectivity index (χ3n) is 2.21. The standard InChI is InChI=1S/C12H14N2OS/c1-8(2)5-10-6-11(15)14-12(13-10)9-3-4-16-7-9/h3-4,6-8H,5H2,1-2H3,(H,13,14,15). The van der Waals surface area contributed by atoms with Crippen molar-refractivity contribution in [1.29, 1.82) is 0 Å². The molecule has 2 rings (SSSR count). The number of hydrogen-bond donors (Lipinski definition) is 1. The molecule has 0 aromatic carbocycles. The van der Waals surface area contributed by atoms with Crippen LogP contribution in [0.2, 0.25) is 0 Å². The summed E-state index contributed by atoms with van der Waals surface area (Å²) in [6, 6.07) is 3.54. The van der Waals surface area contributed by atoms with E-state index in [1.807, 2.05) is 16.8 Å². The predicted octanol–water partition coefficient (Wildman–Crippen LogP) is 2.70. The lowest BCUT2D eigenvalue weighted by Crippen LogP contribution is -2.11. The Hall–Kier alpha value is -1.42. The first kappa shape index (κ1) is 11.1. The van der Waals surface area contributed by atoms with Crippen LogP contribution in [0, 0.1) is 5.92 Å². The maximum atomic E-state index is 11.5. The zero-order chi connectivity index (χ0) is 11.5. The molecule has 0 amide bonds. The van der Waals surface area contributed by atoms with E-state index >= 15 is 0 Å². The van der Waals surface area contributed by atoms with Gasteiger partial charge in [0.25, 0.3) is 5.56 Å². The third kappa shape index (κ3) is 2.58. The molecule has 2 aromatic heterocycles. The van der Waals surface area contributed by atoms with Crippen LogP contribution in [0.5, 0.6) is 0 Å². The van der Waals surface area contributed by atoms with Gasteiger partial charge in [-0.05, 0) is 23.8 Å². The van der Waals surface area contributed by atoms with Crippen LogP contribution in [0.25, 0.3) is 11.4 Å². The minimum Gasteiger partial charge on any atom is -0.306 e. The second-order valence-electron chi connectivity index (χ2n) is 4.20. The summed E-state index contributed by atoms with van der Waals surface area (Å²) < 4.78 is 0. The molecular weight excluding hydrogens is 220 g/mol. The molecule has 4 heteroatoms. The Morgan fingerprint density at radius 1 is 1.50 bits per heavy atom. The summed E-state index contributed by atoms with van der Waals surface area (Å²) in [5.41, 5.74) is 1.76. The fourth-order valence-electron chi connectivity index (χ4n) is 1.57. The molecule has 0 aliphatic rings. The van der Waals surface area contributed by atoms with Gasteiger partial charge in [0.1, 0.15) is 5.82 Å². The van der Waals surface area contributed by atoms with Gasteiger partial charge in [-0.25, -0.2) is 4.98 Å². The van der Waals surface area contributed by atoms with E-state index in [2.05, 4.69) is 23.8 Å². The SMILES string of the molecule is CC(C)Cc1cc(=O)[nH]c(-c2ccsc2)n1. The van der Waals surface area contributed by atoms with Gasteiger partial charge in [-0.15, -0.1) is 0 Å². The first-order valence-corrected chi connectivity index (χ1v) is 6.22. The number of thiophene rings is 1. The molecule has 0 aliphatic carbocycles. The molecule has 0 unspecified atom stereocenters. The van der Waals surface area contributed by atoms with Crippen LogP contribution < -0.4 is 5.56 Å². The number of H-pyrrole nitrogens is 1. The van der Waals surface area contributed by atoms with E-state index in [0.29, 0.717) is 11.7 Å². The van der Waals surface area contributed by atoms with Crippen molar-refractivity contribution in [2.45, 2.75) is 20.3 Å². The van der Waals surface area contributed by atoms with Gasteiger partial charge in [0.05, 0.1) is 0 Å². The molecule has 2 aromatic rings. The minimum atomic E-state index is -0.0770. The highest BCUT2D eigenvalue weighted by Gasteiger charge is 2.05. The van der Waals surface area contributed by atoms with Gasteiger partial charge in [0.15, 0.2) is 0 Å². The number of aromatic nitrogens is 2. The highest BCUT2D eigenvalue weighted by molar-refractivity contribution is 7.08. The van der Waals surface area contributed by atoms with Crippen LogP contribution in [0.15, 0.2) is 27.7 Å². The summed E-state index contributed by atoms with van der Waals surface area (Å²) in [5.74, 6) is 1.18. The van der Waals surface area contributed by atoms with E-state index in [-0.39, 0.29) is 5.56 Å². The number of hydrogen-bond acceptors (Lipinski definition) is 3. The molecule has 0 atom stereocenters. The van der Waals surface area contributed by atoms with E-state index in [9.17, 15) is 4.79 Å². The number of rotatable bonds is 3. The molecule has 0 spiro atoms. The van der Waals surface area contributed by atoms with Crippen LogP contribution >= 0.6 is 11.3 Å².